The minimum Gasteiger partial charge on any atom is -0.471 e. The number of aliphatic hydroxyl groups excluding tert-OH is 2. The Balaban J connectivity index is 0. The molecule has 1 heterocycles. The predicted octanol–water partition coefficient (Wildman–Crippen LogP) is -0.0561. The molecule has 0 saturated carbocycles. The normalized spacial score (nSPS) is 24.6. The molecule has 0 aromatic heterocycles. The van der Waals surface area contributed by atoms with Crippen LogP contribution in [0, 0.1) is 0 Å². The van der Waals surface area contributed by atoms with Gasteiger partial charge in [0.05, 0.1) is 32.5 Å². The second kappa shape index (κ2) is 12.3. The maximum absolute atomic E-state index is 8.95. The van der Waals surface area contributed by atoms with E-state index in [1.165, 1.54) is 7.11 Å². The number of ether oxygens (including phenoxy) is 2. The van der Waals surface area contributed by atoms with Crippen LogP contribution in [-0.4, -0.2) is 49.2 Å². The first-order valence-electron chi connectivity index (χ1n) is 4.61. The summed E-state index contributed by atoms with van der Waals surface area (Å²) >= 11 is 0. The molecule has 0 spiro atoms. The van der Waals surface area contributed by atoms with Gasteiger partial charge in [-0.05, 0) is 0 Å². The summed E-state index contributed by atoms with van der Waals surface area (Å²) < 4.78 is 8.66. The molecule has 0 bridgehead atoms. The lowest BCUT2D eigenvalue weighted by molar-refractivity contribution is -0.126. The average Bonchev–Trinajstić information content (AvgIpc) is 2.21. The van der Waals surface area contributed by atoms with Gasteiger partial charge in [0.25, 0.3) is 6.47 Å². The van der Waals surface area contributed by atoms with Gasteiger partial charge in [0.2, 0.25) is 0 Å². The van der Waals surface area contributed by atoms with Gasteiger partial charge in [-0.15, -0.1) is 0 Å². The van der Waals surface area contributed by atoms with Gasteiger partial charge >= 0.3 is 0 Å². The molecular formula is C9H20O5. The molecule has 0 radical (unpaired) electrons. The van der Waals surface area contributed by atoms with Crippen LogP contribution in [0.5, 0.6) is 0 Å². The van der Waals surface area contributed by atoms with Crippen molar-refractivity contribution < 1.29 is 24.5 Å². The SMILES string of the molecule is CC.COC=O.OC1COCC(O)C1. The van der Waals surface area contributed by atoms with E-state index in [0.29, 0.717) is 26.1 Å². The molecule has 0 aliphatic carbocycles. The minimum atomic E-state index is -0.459. The summed E-state index contributed by atoms with van der Waals surface area (Å²) in [5.41, 5.74) is 0. The van der Waals surface area contributed by atoms with Crippen molar-refractivity contribution in [1.29, 1.82) is 0 Å². The molecule has 5 heteroatoms. The number of methoxy groups -OCH3 is 1. The van der Waals surface area contributed by atoms with Crippen LogP contribution >= 0.6 is 0 Å². The van der Waals surface area contributed by atoms with Crippen molar-refractivity contribution >= 4 is 6.47 Å². The van der Waals surface area contributed by atoms with Gasteiger partial charge in [-0.3, -0.25) is 4.79 Å². The summed E-state index contributed by atoms with van der Waals surface area (Å²) in [6.07, 6.45) is -0.461. The van der Waals surface area contributed by atoms with Crippen LogP contribution in [0.25, 0.3) is 0 Å². The molecule has 5 nitrogen and oxygen atoms in total. The maximum Gasteiger partial charge on any atom is 0.292 e. The van der Waals surface area contributed by atoms with Crippen molar-refractivity contribution in [3.8, 4) is 0 Å². The topological polar surface area (TPSA) is 76.0 Å². The van der Waals surface area contributed by atoms with Crippen LogP contribution < -0.4 is 0 Å². The van der Waals surface area contributed by atoms with Crippen molar-refractivity contribution in [2.45, 2.75) is 32.5 Å². The Kier molecular flexibility index (Phi) is 13.9. The molecule has 0 aromatic rings. The smallest absolute Gasteiger partial charge is 0.292 e. The molecule has 0 aromatic carbocycles. The summed E-state index contributed by atoms with van der Waals surface area (Å²) in [7, 11) is 1.31. The molecule has 0 amide bonds. The van der Waals surface area contributed by atoms with Crippen molar-refractivity contribution in [3.05, 3.63) is 0 Å². The molecule has 86 valence electrons. The zero-order chi connectivity index (χ0) is 11.4. The van der Waals surface area contributed by atoms with Gasteiger partial charge in [-0.25, -0.2) is 0 Å². The van der Waals surface area contributed by atoms with Gasteiger partial charge < -0.3 is 19.7 Å². The Morgan fingerprint density at radius 1 is 1.29 bits per heavy atom. The summed E-state index contributed by atoms with van der Waals surface area (Å²) in [6, 6.07) is 0. The second-order valence-corrected chi connectivity index (χ2v) is 2.41. The van der Waals surface area contributed by atoms with Crippen molar-refractivity contribution in [2.24, 2.45) is 0 Å². The van der Waals surface area contributed by atoms with E-state index in [1.54, 1.807) is 0 Å². The highest BCUT2D eigenvalue weighted by molar-refractivity contribution is 5.36. The zero-order valence-electron chi connectivity index (χ0n) is 8.97. The van der Waals surface area contributed by atoms with E-state index < -0.39 is 12.2 Å². The standard InChI is InChI=1S/C5H10O3.C2H4O2.C2H6/c6-4-1-5(7)3-8-2-4;1-4-2-3;1-2/h4-7H,1-3H2;2H,1H3;1-2H3. The van der Waals surface area contributed by atoms with Gasteiger partial charge in [0.15, 0.2) is 0 Å². The first-order chi connectivity index (χ1) is 6.70. The molecule has 2 unspecified atom stereocenters. The third kappa shape index (κ3) is 11.4. The summed E-state index contributed by atoms with van der Waals surface area (Å²) in [6.45, 7) is 5.12. The fourth-order valence-corrected chi connectivity index (χ4v) is 0.790. The highest BCUT2D eigenvalue weighted by atomic mass is 16.5. The number of hydrogen-bond acceptors (Lipinski definition) is 5. The van der Waals surface area contributed by atoms with Crippen LogP contribution in [0.15, 0.2) is 0 Å². The van der Waals surface area contributed by atoms with Crippen LogP contribution in [0.4, 0.5) is 0 Å². The molecule has 14 heavy (non-hydrogen) atoms. The highest BCUT2D eigenvalue weighted by Gasteiger charge is 2.17. The Labute approximate surface area is 84.6 Å². The zero-order valence-corrected chi connectivity index (χ0v) is 8.97. The quantitative estimate of drug-likeness (QED) is 0.591. The van der Waals surface area contributed by atoms with E-state index in [2.05, 4.69) is 4.74 Å². The predicted molar refractivity (Wildman–Crippen MR) is 51.9 cm³/mol. The van der Waals surface area contributed by atoms with E-state index in [4.69, 9.17) is 19.7 Å². The van der Waals surface area contributed by atoms with E-state index in [0.717, 1.165) is 0 Å². The molecular weight excluding hydrogens is 188 g/mol. The largest absolute Gasteiger partial charge is 0.471 e. The number of carbonyl (C=O) groups excluding carboxylic acids is 1. The Hall–Kier alpha value is -0.650. The van der Waals surface area contributed by atoms with Gasteiger partial charge in [-0.1, -0.05) is 13.8 Å². The van der Waals surface area contributed by atoms with Gasteiger partial charge in [-0.2, -0.15) is 0 Å². The number of aliphatic hydroxyl groups is 2. The van der Waals surface area contributed by atoms with Crippen LogP contribution in [0.3, 0.4) is 0 Å². The van der Waals surface area contributed by atoms with E-state index in [9.17, 15) is 0 Å². The molecule has 1 aliphatic heterocycles. The monoisotopic (exact) mass is 208 g/mol. The highest BCUT2D eigenvalue weighted by Crippen LogP contribution is 2.05. The Bertz CT molecular complexity index is 110. The third-order valence-corrected chi connectivity index (χ3v) is 1.26. The molecule has 1 aliphatic rings. The van der Waals surface area contributed by atoms with Crippen molar-refractivity contribution in [1.82, 2.24) is 0 Å². The summed E-state index contributed by atoms with van der Waals surface area (Å²) in [4.78, 5) is 8.95. The van der Waals surface area contributed by atoms with Gasteiger partial charge in [0, 0.05) is 6.42 Å². The lowest BCUT2D eigenvalue weighted by Gasteiger charge is -2.21. The van der Waals surface area contributed by atoms with E-state index >= 15 is 0 Å². The van der Waals surface area contributed by atoms with Crippen molar-refractivity contribution in [2.75, 3.05) is 20.3 Å². The second-order valence-electron chi connectivity index (χ2n) is 2.41. The molecule has 2 N–H and O–H groups in total. The number of rotatable bonds is 1. The molecule has 1 fully saturated rings. The first-order valence-corrected chi connectivity index (χ1v) is 4.61. The summed E-state index contributed by atoms with van der Waals surface area (Å²) in [5.74, 6) is 0. The first kappa shape index (κ1) is 15.8. The van der Waals surface area contributed by atoms with E-state index in [-0.39, 0.29) is 0 Å². The fraction of sp³-hybridized carbons (Fsp3) is 0.889. The lowest BCUT2D eigenvalue weighted by atomic mass is 10.1. The third-order valence-electron chi connectivity index (χ3n) is 1.26. The van der Waals surface area contributed by atoms with Crippen LogP contribution in [-0.2, 0) is 14.3 Å². The Morgan fingerprint density at radius 2 is 1.64 bits per heavy atom. The summed E-state index contributed by atoms with van der Waals surface area (Å²) in [5, 5.41) is 17.6. The average molecular weight is 208 g/mol. The maximum atomic E-state index is 8.95. The lowest BCUT2D eigenvalue weighted by Crippen LogP contribution is -2.32. The molecule has 2 atom stereocenters. The minimum absolute atomic E-state index is 0.372. The molecule has 1 saturated heterocycles. The van der Waals surface area contributed by atoms with Crippen molar-refractivity contribution in [3.63, 3.8) is 0 Å². The van der Waals surface area contributed by atoms with Crippen LogP contribution in [0.1, 0.15) is 20.3 Å². The Morgan fingerprint density at radius 3 is 1.79 bits per heavy atom. The van der Waals surface area contributed by atoms with Gasteiger partial charge in [0.1, 0.15) is 0 Å². The van der Waals surface area contributed by atoms with E-state index in [1.807, 2.05) is 13.8 Å². The fourth-order valence-electron chi connectivity index (χ4n) is 0.790. The number of carbonyl (C=O) groups is 1. The van der Waals surface area contributed by atoms with Crippen LogP contribution in [0.2, 0.25) is 0 Å². The number of hydrogen-bond donors (Lipinski definition) is 2. The molecule has 1 rings (SSSR count).